The molecule has 6 nitrogen and oxygen atoms in total. The third-order valence-electron chi connectivity index (χ3n) is 4.73. The van der Waals surface area contributed by atoms with E-state index in [0.29, 0.717) is 25.0 Å². The molecular formula is C21H26O6. The summed E-state index contributed by atoms with van der Waals surface area (Å²) in [5, 5.41) is 0. The van der Waals surface area contributed by atoms with Gasteiger partial charge in [-0.2, -0.15) is 0 Å². The van der Waals surface area contributed by atoms with Gasteiger partial charge in [-0.05, 0) is 45.7 Å². The summed E-state index contributed by atoms with van der Waals surface area (Å²) >= 11 is 0. The maximum atomic E-state index is 12.7. The van der Waals surface area contributed by atoms with Gasteiger partial charge in [-0.15, -0.1) is 0 Å². The van der Waals surface area contributed by atoms with Gasteiger partial charge in [0, 0.05) is 6.42 Å². The normalized spacial score (nSPS) is 24.7. The average molecular weight is 374 g/mol. The highest BCUT2D eigenvalue weighted by molar-refractivity contribution is 5.96. The number of carbonyl (C=O) groups excluding carboxylic acids is 2. The van der Waals surface area contributed by atoms with Gasteiger partial charge < -0.3 is 18.9 Å². The predicted molar refractivity (Wildman–Crippen MR) is 98.1 cm³/mol. The van der Waals surface area contributed by atoms with Crippen molar-refractivity contribution in [2.75, 3.05) is 6.61 Å². The zero-order chi connectivity index (χ0) is 19.4. The lowest BCUT2D eigenvalue weighted by molar-refractivity contribution is -0.158. The maximum Gasteiger partial charge on any atom is 0.332 e. The summed E-state index contributed by atoms with van der Waals surface area (Å²) in [7, 11) is 0. The number of rotatable bonds is 6. The molecule has 3 unspecified atom stereocenters. The first-order valence-electron chi connectivity index (χ1n) is 9.38. The molecule has 1 aliphatic carbocycles. The monoisotopic (exact) mass is 374 g/mol. The van der Waals surface area contributed by atoms with E-state index in [1.165, 1.54) is 6.26 Å². The number of allylic oxidation sites excluding steroid dienone is 1. The summed E-state index contributed by atoms with van der Waals surface area (Å²) in [6, 6.07) is 7.52. The Hall–Kier alpha value is -2.34. The van der Waals surface area contributed by atoms with Gasteiger partial charge in [-0.1, -0.05) is 17.7 Å². The van der Waals surface area contributed by atoms with E-state index >= 15 is 0 Å². The van der Waals surface area contributed by atoms with Crippen molar-refractivity contribution in [2.45, 2.75) is 58.3 Å². The van der Waals surface area contributed by atoms with E-state index in [9.17, 15) is 9.59 Å². The fourth-order valence-electron chi connectivity index (χ4n) is 3.37. The van der Waals surface area contributed by atoms with Crippen molar-refractivity contribution in [3.05, 3.63) is 41.9 Å². The Bertz CT molecular complexity index is 706. The number of hydrogen-bond acceptors (Lipinski definition) is 6. The lowest BCUT2D eigenvalue weighted by atomic mass is 9.80. The van der Waals surface area contributed by atoms with Crippen LogP contribution in [0.4, 0.5) is 0 Å². The summed E-state index contributed by atoms with van der Waals surface area (Å²) in [4.78, 5) is 24.3. The molecule has 1 heterocycles. The van der Waals surface area contributed by atoms with Crippen molar-refractivity contribution in [1.29, 1.82) is 0 Å². The number of ether oxygens (including phenoxy) is 4. The Morgan fingerprint density at radius 1 is 1.22 bits per heavy atom. The van der Waals surface area contributed by atoms with Crippen molar-refractivity contribution >= 4 is 11.8 Å². The highest BCUT2D eigenvalue weighted by Gasteiger charge is 2.41. The van der Waals surface area contributed by atoms with E-state index < -0.39 is 0 Å². The Morgan fingerprint density at radius 2 is 1.96 bits per heavy atom. The van der Waals surface area contributed by atoms with Crippen LogP contribution in [0.2, 0.25) is 0 Å². The quantitative estimate of drug-likeness (QED) is 0.712. The SMILES string of the molecule is Cc1ccc(OC2=COC3CC(OCC(=O)OC(C)C)CCC3C2=O)cc1. The van der Waals surface area contributed by atoms with E-state index in [-0.39, 0.29) is 48.3 Å². The predicted octanol–water partition coefficient (Wildman–Crippen LogP) is 3.32. The van der Waals surface area contributed by atoms with Gasteiger partial charge in [0.25, 0.3) is 0 Å². The zero-order valence-corrected chi connectivity index (χ0v) is 16.0. The molecule has 1 aliphatic heterocycles. The van der Waals surface area contributed by atoms with Crippen molar-refractivity contribution in [2.24, 2.45) is 5.92 Å². The van der Waals surface area contributed by atoms with Crippen LogP contribution in [0.3, 0.4) is 0 Å². The van der Waals surface area contributed by atoms with E-state index in [2.05, 4.69) is 0 Å². The smallest absolute Gasteiger partial charge is 0.332 e. The van der Waals surface area contributed by atoms with Crippen LogP contribution in [-0.4, -0.2) is 36.7 Å². The minimum atomic E-state index is -0.374. The second-order valence-electron chi connectivity index (χ2n) is 7.33. The van der Waals surface area contributed by atoms with Crippen molar-refractivity contribution in [3.63, 3.8) is 0 Å². The number of hydrogen-bond donors (Lipinski definition) is 0. The lowest BCUT2D eigenvalue weighted by Gasteiger charge is -2.37. The zero-order valence-electron chi connectivity index (χ0n) is 16.0. The molecule has 3 atom stereocenters. The minimum Gasteiger partial charge on any atom is -0.493 e. The maximum absolute atomic E-state index is 12.7. The molecule has 1 aromatic rings. The molecule has 6 heteroatoms. The standard InChI is InChI=1S/C21H26O6/c1-13(2)26-20(22)12-24-16-8-9-17-18(10-16)25-11-19(21(17)23)27-15-6-4-14(3)5-7-15/h4-7,11,13,16-18H,8-10,12H2,1-3H3. The van der Waals surface area contributed by atoms with Crippen molar-refractivity contribution in [3.8, 4) is 5.75 Å². The molecule has 1 aromatic carbocycles. The van der Waals surface area contributed by atoms with E-state index in [4.69, 9.17) is 18.9 Å². The Balaban J connectivity index is 1.54. The first-order valence-corrected chi connectivity index (χ1v) is 9.38. The van der Waals surface area contributed by atoms with Crippen molar-refractivity contribution < 1.29 is 28.5 Å². The molecule has 1 fully saturated rings. The fourth-order valence-corrected chi connectivity index (χ4v) is 3.37. The molecule has 2 aliphatic rings. The van der Waals surface area contributed by atoms with Gasteiger partial charge in [0.2, 0.25) is 11.5 Å². The molecule has 27 heavy (non-hydrogen) atoms. The van der Waals surface area contributed by atoms with E-state index in [1.807, 2.05) is 31.2 Å². The molecule has 0 radical (unpaired) electrons. The van der Waals surface area contributed by atoms with Crippen LogP contribution in [-0.2, 0) is 23.8 Å². The Kier molecular flexibility index (Phi) is 6.16. The summed E-state index contributed by atoms with van der Waals surface area (Å²) in [6.45, 7) is 5.51. The average Bonchev–Trinajstić information content (AvgIpc) is 2.63. The van der Waals surface area contributed by atoms with Crippen LogP contribution in [0.1, 0.15) is 38.7 Å². The topological polar surface area (TPSA) is 71.1 Å². The summed E-state index contributed by atoms with van der Waals surface area (Å²) < 4.78 is 22.2. The molecule has 0 aromatic heterocycles. The molecular weight excluding hydrogens is 348 g/mol. The molecule has 1 saturated carbocycles. The van der Waals surface area contributed by atoms with Gasteiger partial charge >= 0.3 is 5.97 Å². The summed E-state index contributed by atoms with van der Waals surface area (Å²) in [5.74, 6) is 0.201. The second kappa shape index (κ2) is 8.57. The van der Waals surface area contributed by atoms with Crippen LogP contribution < -0.4 is 4.74 Å². The fraction of sp³-hybridized carbons (Fsp3) is 0.524. The number of fused-ring (bicyclic) bond motifs is 1. The molecule has 0 N–H and O–H groups in total. The van der Waals surface area contributed by atoms with Gasteiger partial charge in [0.05, 0.1) is 18.1 Å². The van der Waals surface area contributed by atoms with Gasteiger partial charge in [0.15, 0.2) is 0 Å². The summed E-state index contributed by atoms with van der Waals surface area (Å²) in [5.41, 5.74) is 1.12. The van der Waals surface area contributed by atoms with Crippen molar-refractivity contribution in [1.82, 2.24) is 0 Å². The second-order valence-corrected chi connectivity index (χ2v) is 7.33. The van der Waals surface area contributed by atoms with Gasteiger partial charge in [0.1, 0.15) is 24.7 Å². The summed E-state index contributed by atoms with van der Waals surface area (Å²) in [6.07, 6.45) is 2.78. The van der Waals surface area contributed by atoms with Crippen LogP contribution in [0.25, 0.3) is 0 Å². The third-order valence-corrected chi connectivity index (χ3v) is 4.73. The molecule has 0 spiro atoms. The first-order chi connectivity index (χ1) is 12.9. The molecule has 146 valence electrons. The molecule has 3 rings (SSSR count). The Labute approximate surface area is 159 Å². The number of esters is 1. The molecule has 0 bridgehead atoms. The van der Waals surface area contributed by atoms with Crippen LogP contribution >= 0.6 is 0 Å². The molecule has 0 amide bonds. The Morgan fingerprint density at radius 3 is 2.67 bits per heavy atom. The number of benzene rings is 1. The highest BCUT2D eigenvalue weighted by Crippen LogP contribution is 2.35. The lowest BCUT2D eigenvalue weighted by Crippen LogP contribution is -2.43. The van der Waals surface area contributed by atoms with Crippen LogP contribution in [0.15, 0.2) is 36.3 Å². The highest BCUT2D eigenvalue weighted by atomic mass is 16.6. The van der Waals surface area contributed by atoms with Gasteiger partial charge in [-0.3, -0.25) is 4.79 Å². The van der Waals surface area contributed by atoms with Gasteiger partial charge in [-0.25, -0.2) is 4.79 Å². The number of Topliss-reactive ketones (excluding diaryl/α,β-unsaturated/α-hetero) is 1. The van der Waals surface area contributed by atoms with Crippen LogP contribution in [0.5, 0.6) is 5.75 Å². The number of ketones is 1. The largest absolute Gasteiger partial charge is 0.493 e. The third kappa shape index (κ3) is 5.10. The first kappa shape index (κ1) is 19.4. The minimum absolute atomic E-state index is 0.0375. The number of aryl methyl sites for hydroxylation is 1. The van der Waals surface area contributed by atoms with E-state index in [0.717, 1.165) is 5.56 Å². The van der Waals surface area contributed by atoms with E-state index in [1.54, 1.807) is 13.8 Å². The van der Waals surface area contributed by atoms with Crippen LogP contribution in [0, 0.1) is 12.8 Å². The number of carbonyl (C=O) groups is 2. The molecule has 0 saturated heterocycles.